The Kier molecular flexibility index (Phi) is 1.28. The number of anilines is 1. The molecule has 0 aliphatic rings. The summed E-state index contributed by atoms with van der Waals surface area (Å²) in [5.74, 6) is 0. The molecule has 68 valence electrons. The van der Waals surface area contributed by atoms with Crippen LogP contribution in [0.1, 0.15) is 0 Å². The Bertz CT molecular complexity index is 612. The van der Waals surface area contributed by atoms with Gasteiger partial charge in [-0.15, -0.1) is 10.2 Å². The molecule has 0 saturated carbocycles. The third-order valence-corrected chi connectivity index (χ3v) is 2.30. The Morgan fingerprint density at radius 1 is 1.14 bits per heavy atom. The number of aromatic nitrogens is 3. The maximum atomic E-state index is 5.73. The van der Waals surface area contributed by atoms with Crippen molar-refractivity contribution in [3.05, 3.63) is 36.7 Å². The predicted octanol–water partition coefficient (Wildman–Crippen LogP) is 1.46. The molecule has 0 aliphatic carbocycles. The molecule has 0 aliphatic heterocycles. The lowest BCUT2D eigenvalue weighted by Crippen LogP contribution is -1.89. The summed E-state index contributed by atoms with van der Waals surface area (Å²) in [6, 6.07) is 9.75. The molecule has 0 atom stereocenters. The molecule has 0 amide bonds. The van der Waals surface area contributed by atoms with Crippen molar-refractivity contribution < 1.29 is 0 Å². The second kappa shape index (κ2) is 2.45. The van der Waals surface area contributed by atoms with Crippen LogP contribution in [0.3, 0.4) is 0 Å². The number of nitrogen functional groups attached to an aromatic ring is 1. The minimum absolute atomic E-state index is 0.749. The molecular formula is C10H8N4. The number of benzene rings is 1. The molecule has 2 N–H and O–H groups in total. The van der Waals surface area contributed by atoms with Gasteiger partial charge in [-0.05, 0) is 29.7 Å². The molecule has 0 radical (unpaired) electrons. The van der Waals surface area contributed by atoms with Crippen LogP contribution in [-0.2, 0) is 0 Å². The highest BCUT2D eigenvalue weighted by Gasteiger charge is 2.00. The zero-order valence-electron chi connectivity index (χ0n) is 7.38. The van der Waals surface area contributed by atoms with Gasteiger partial charge in [-0.3, -0.25) is 4.40 Å². The number of nitrogens with two attached hydrogens (primary N) is 1. The monoisotopic (exact) mass is 184 g/mol. The van der Waals surface area contributed by atoms with Gasteiger partial charge in [0.15, 0.2) is 5.65 Å². The van der Waals surface area contributed by atoms with E-state index in [2.05, 4.69) is 10.2 Å². The molecule has 3 rings (SSSR count). The SMILES string of the molecule is Nc1ccc2ccc3nncn3c2c1. The maximum absolute atomic E-state index is 5.73. The smallest absolute Gasteiger partial charge is 0.161 e. The molecule has 14 heavy (non-hydrogen) atoms. The van der Waals surface area contributed by atoms with E-state index in [1.807, 2.05) is 34.7 Å². The van der Waals surface area contributed by atoms with Gasteiger partial charge < -0.3 is 5.73 Å². The number of fused-ring (bicyclic) bond motifs is 3. The lowest BCUT2D eigenvalue weighted by molar-refractivity contribution is 1.11. The lowest BCUT2D eigenvalue weighted by atomic mass is 10.2. The third-order valence-electron chi connectivity index (χ3n) is 2.30. The molecule has 2 aromatic heterocycles. The summed E-state index contributed by atoms with van der Waals surface area (Å²) in [6.07, 6.45) is 1.69. The quantitative estimate of drug-likeness (QED) is 0.538. The fraction of sp³-hybridized carbons (Fsp3) is 0. The van der Waals surface area contributed by atoms with E-state index in [-0.39, 0.29) is 0 Å². The minimum Gasteiger partial charge on any atom is -0.399 e. The topological polar surface area (TPSA) is 56.2 Å². The summed E-state index contributed by atoms with van der Waals surface area (Å²) in [5, 5.41) is 8.95. The van der Waals surface area contributed by atoms with Crippen LogP contribution in [0.25, 0.3) is 16.6 Å². The molecule has 4 heteroatoms. The van der Waals surface area contributed by atoms with Crippen molar-refractivity contribution >= 4 is 22.2 Å². The highest BCUT2D eigenvalue weighted by molar-refractivity contribution is 5.84. The van der Waals surface area contributed by atoms with Crippen LogP contribution in [0.5, 0.6) is 0 Å². The zero-order valence-corrected chi connectivity index (χ0v) is 7.38. The van der Waals surface area contributed by atoms with E-state index >= 15 is 0 Å². The summed E-state index contributed by atoms with van der Waals surface area (Å²) < 4.78 is 1.92. The summed E-state index contributed by atoms with van der Waals surface area (Å²) in [5.41, 5.74) is 8.35. The van der Waals surface area contributed by atoms with E-state index in [1.165, 1.54) is 0 Å². The average molecular weight is 184 g/mol. The number of hydrogen-bond acceptors (Lipinski definition) is 3. The van der Waals surface area contributed by atoms with Crippen molar-refractivity contribution in [3.63, 3.8) is 0 Å². The summed E-state index contributed by atoms with van der Waals surface area (Å²) >= 11 is 0. The lowest BCUT2D eigenvalue weighted by Gasteiger charge is -2.01. The molecule has 4 nitrogen and oxygen atoms in total. The molecule has 1 aromatic carbocycles. The molecule has 0 spiro atoms. The van der Waals surface area contributed by atoms with Crippen LogP contribution in [0.2, 0.25) is 0 Å². The van der Waals surface area contributed by atoms with Gasteiger partial charge in [0, 0.05) is 5.69 Å². The van der Waals surface area contributed by atoms with E-state index in [0.29, 0.717) is 0 Å². The van der Waals surface area contributed by atoms with Gasteiger partial charge in [0.2, 0.25) is 0 Å². The Hall–Kier alpha value is -2.10. The predicted molar refractivity (Wildman–Crippen MR) is 54.9 cm³/mol. The fourth-order valence-corrected chi connectivity index (χ4v) is 1.62. The highest BCUT2D eigenvalue weighted by Crippen LogP contribution is 2.18. The van der Waals surface area contributed by atoms with Crippen molar-refractivity contribution in [2.75, 3.05) is 5.73 Å². The zero-order chi connectivity index (χ0) is 9.54. The van der Waals surface area contributed by atoms with Crippen LogP contribution in [-0.4, -0.2) is 14.6 Å². The summed E-state index contributed by atoms with van der Waals surface area (Å²) in [6.45, 7) is 0. The molecule has 0 fully saturated rings. The first-order valence-corrected chi connectivity index (χ1v) is 4.32. The second-order valence-electron chi connectivity index (χ2n) is 3.21. The van der Waals surface area contributed by atoms with E-state index in [0.717, 1.165) is 22.2 Å². The molecule has 0 bridgehead atoms. The van der Waals surface area contributed by atoms with Gasteiger partial charge in [-0.25, -0.2) is 0 Å². The molecule has 3 aromatic rings. The van der Waals surface area contributed by atoms with Crippen molar-refractivity contribution in [2.45, 2.75) is 0 Å². The van der Waals surface area contributed by atoms with Crippen LogP contribution in [0.4, 0.5) is 5.69 Å². The Labute approximate surface area is 80.0 Å². The Morgan fingerprint density at radius 2 is 2.00 bits per heavy atom. The molecule has 2 heterocycles. The number of pyridine rings is 1. The molecule has 0 saturated heterocycles. The summed E-state index contributed by atoms with van der Waals surface area (Å²) in [7, 11) is 0. The van der Waals surface area contributed by atoms with Gasteiger partial charge in [0.25, 0.3) is 0 Å². The highest BCUT2D eigenvalue weighted by atomic mass is 15.2. The normalized spacial score (nSPS) is 11.1. The second-order valence-corrected chi connectivity index (χ2v) is 3.21. The van der Waals surface area contributed by atoms with E-state index in [4.69, 9.17) is 5.73 Å². The number of hydrogen-bond donors (Lipinski definition) is 1. The Balaban J connectivity index is 2.60. The van der Waals surface area contributed by atoms with Crippen molar-refractivity contribution in [1.82, 2.24) is 14.6 Å². The first-order valence-electron chi connectivity index (χ1n) is 4.32. The largest absolute Gasteiger partial charge is 0.399 e. The maximum Gasteiger partial charge on any atom is 0.161 e. The van der Waals surface area contributed by atoms with Gasteiger partial charge in [-0.1, -0.05) is 6.07 Å². The minimum atomic E-state index is 0.749. The van der Waals surface area contributed by atoms with E-state index in [9.17, 15) is 0 Å². The third kappa shape index (κ3) is 0.877. The van der Waals surface area contributed by atoms with Crippen LogP contribution >= 0.6 is 0 Å². The van der Waals surface area contributed by atoms with Gasteiger partial charge in [-0.2, -0.15) is 0 Å². The first-order chi connectivity index (χ1) is 6.84. The van der Waals surface area contributed by atoms with E-state index in [1.54, 1.807) is 6.33 Å². The van der Waals surface area contributed by atoms with Crippen LogP contribution < -0.4 is 5.73 Å². The van der Waals surface area contributed by atoms with Crippen LogP contribution in [0.15, 0.2) is 36.7 Å². The molecular weight excluding hydrogens is 176 g/mol. The first kappa shape index (κ1) is 7.32. The van der Waals surface area contributed by atoms with Crippen LogP contribution in [0, 0.1) is 0 Å². The standard InChI is InChI=1S/C10H8N4/c11-8-3-1-7-2-4-10-13-12-6-14(10)9(7)5-8/h1-6H,11H2. The van der Waals surface area contributed by atoms with Crippen molar-refractivity contribution in [3.8, 4) is 0 Å². The van der Waals surface area contributed by atoms with E-state index < -0.39 is 0 Å². The van der Waals surface area contributed by atoms with Crippen molar-refractivity contribution in [2.24, 2.45) is 0 Å². The summed E-state index contributed by atoms with van der Waals surface area (Å²) in [4.78, 5) is 0. The van der Waals surface area contributed by atoms with Crippen molar-refractivity contribution in [1.29, 1.82) is 0 Å². The van der Waals surface area contributed by atoms with Gasteiger partial charge >= 0.3 is 0 Å². The number of nitrogens with zero attached hydrogens (tertiary/aromatic N) is 3. The molecule has 0 unspecified atom stereocenters. The number of rotatable bonds is 0. The van der Waals surface area contributed by atoms with Gasteiger partial charge in [0.1, 0.15) is 6.33 Å². The van der Waals surface area contributed by atoms with Gasteiger partial charge in [0.05, 0.1) is 5.52 Å². The fourth-order valence-electron chi connectivity index (χ4n) is 1.62. The Morgan fingerprint density at radius 3 is 2.93 bits per heavy atom. The average Bonchev–Trinajstić information content (AvgIpc) is 2.65.